The highest BCUT2D eigenvalue weighted by Crippen LogP contribution is 2.23. The molecule has 1 rings (SSSR count). The molecule has 0 heterocycles. The largest absolute Gasteiger partial charge is 0.370 e. The summed E-state index contributed by atoms with van der Waals surface area (Å²) < 4.78 is 14.0. The Bertz CT molecular complexity index is 363. The van der Waals surface area contributed by atoms with Crippen molar-refractivity contribution in [3.05, 3.63) is 29.6 Å². The third-order valence-electron chi connectivity index (χ3n) is 3.14. The lowest BCUT2D eigenvalue weighted by molar-refractivity contribution is 0.579. The molecule has 3 heteroatoms. The van der Waals surface area contributed by atoms with E-state index < -0.39 is 0 Å². The number of hydrogen-bond acceptors (Lipinski definition) is 2. The monoisotopic (exact) mass is 238 g/mol. The van der Waals surface area contributed by atoms with Gasteiger partial charge in [-0.15, -0.1) is 0 Å². The summed E-state index contributed by atoms with van der Waals surface area (Å²) in [5.74, 6) is -0.150. The highest BCUT2D eigenvalue weighted by atomic mass is 19.1. The quantitative estimate of drug-likeness (QED) is 0.846. The van der Waals surface area contributed by atoms with Crippen molar-refractivity contribution in [1.82, 2.24) is 5.32 Å². The number of hydrogen-bond donors (Lipinski definition) is 1. The molecule has 0 aromatic heterocycles. The van der Waals surface area contributed by atoms with Gasteiger partial charge in [0.25, 0.3) is 0 Å². The topological polar surface area (TPSA) is 15.3 Å². The lowest BCUT2D eigenvalue weighted by Gasteiger charge is -2.25. The van der Waals surface area contributed by atoms with Gasteiger partial charge in [-0.3, -0.25) is 0 Å². The van der Waals surface area contributed by atoms with E-state index in [-0.39, 0.29) is 11.9 Å². The second-order valence-corrected chi connectivity index (χ2v) is 4.69. The first-order chi connectivity index (χ1) is 7.97. The molecule has 0 aliphatic heterocycles. The average molecular weight is 238 g/mol. The molecule has 0 fully saturated rings. The van der Waals surface area contributed by atoms with Crippen LogP contribution in [0.25, 0.3) is 0 Å². The number of nitrogens with zero attached hydrogens (tertiary/aromatic N) is 1. The summed E-state index contributed by atoms with van der Waals surface area (Å²) in [5.41, 5.74) is 1.65. The molecule has 17 heavy (non-hydrogen) atoms. The van der Waals surface area contributed by atoms with Gasteiger partial charge in [-0.25, -0.2) is 4.39 Å². The van der Waals surface area contributed by atoms with Gasteiger partial charge < -0.3 is 10.2 Å². The molecular formula is C14H23FN2. The van der Waals surface area contributed by atoms with Crippen LogP contribution in [0.4, 0.5) is 10.1 Å². The Balaban J connectivity index is 2.93. The summed E-state index contributed by atoms with van der Waals surface area (Å²) in [7, 11) is 1.91. The summed E-state index contributed by atoms with van der Waals surface area (Å²) in [4.78, 5) is 1.94. The molecule has 96 valence electrons. The molecule has 0 spiro atoms. The van der Waals surface area contributed by atoms with Gasteiger partial charge in [0, 0.05) is 19.1 Å². The Morgan fingerprint density at radius 1 is 1.29 bits per heavy atom. The van der Waals surface area contributed by atoms with Crippen molar-refractivity contribution in [1.29, 1.82) is 0 Å². The summed E-state index contributed by atoms with van der Waals surface area (Å²) in [6.45, 7) is 9.08. The van der Waals surface area contributed by atoms with Gasteiger partial charge in [0.05, 0.1) is 5.69 Å². The Morgan fingerprint density at radius 2 is 1.94 bits per heavy atom. The number of anilines is 1. The minimum absolute atomic E-state index is 0.150. The van der Waals surface area contributed by atoms with E-state index in [1.165, 1.54) is 0 Å². The predicted octanol–water partition coefficient (Wildman–Crippen LogP) is 3.34. The lowest BCUT2D eigenvalue weighted by atomic mass is 10.1. The van der Waals surface area contributed by atoms with Crippen molar-refractivity contribution in [2.75, 3.05) is 18.5 Å². The highest BCUT2D eigenvalue weighted by Gasteiger charge is 2.12. The zero-order valence-corrected chi connectivity index (χ0v) is 11.4. The normalized spacial score (nSPS) is 12.9. The molecule has 0 aliphatic rings. The minimum atomic E-state index is -0.150. The third kappa shape index (κ3) is 3.43. The zero-order valence-electron chi connectivity index (χ0n) is 11.4. The molecule has 0 saturated carbocycles. The first kappa shape index (κ1) is 14.0. The van der Waals surface area contributed by atoms with E-state index in [1.54, 1.807) is 6.07 Å². The van der Waals surface area contributed by atoms with Crippen LogP contribution in [-0.4, -0.2) is 19.6 Å². The first-order valence-electron chi connectivity index (χ1n) is 6.23. The van der Waals surface area contributed by atoms with E-state index in [4.69, 9.17) is 0 Å². The second-order valence-electron chi connectivity index (χ2n) is 4.69. The Hall–Kier alpha value is -1.09. The van der Waals surface area contributed by atoms with Crippen molar-refractivity contribution < 1.29 is 4.39 Å². The van der Waals surface area contributed by atoms with Crippen molar-refractivity contribution in [2.24, 2.45) is 0 Å². The van der Waals surface area contributed by atoms with Gasteiger partial charge in [-0.2, -0.15) is 0 Å². The lowest BCUT2D eigenvalue weighted by Crippen LogP contribution is -2.26. The number of benzene rings is 1. The molecular weight excluding hydrogens is 215 g/mol. The van der Waals surface area contributed by atoms with Crippen LogP contribution < -0.4 is 10.2 Å². The maximum Gasteiger partial charge on any atom is 0.146 e. The second kappa shape index (κ2) is 6.01. The van der Waals surface area contributed by atoms with E-state index in [1.807, 2.05) is 37.9 Å². The molecule has 2 nitrogen and oxygen atoms in total. The van der Waals surface area contributed by atoms with Crippen LogP contribution in [0.5, 0.6) is 0 Å². The van der Waals surface area contributed by atoms with E-state index in [2.05, 4.69) is 19.2 Å². The molecule has 0 bridgehead atoms. The van der Waals surface area contributed by atoms with Crippen molar-refractivity contribution in [3.8, 4) is 0 Å². The smallest absolute Gasteiger partial charge is 0.146 e. The fourth-order valence-corrected chi connectivity index (χ4v) is 1.78. The summed E-state index contributed by atoms with van der Waals surface area (Å²) in [6, 6.07) is 5.96. The summed E-state index contributed by atoms with van der Waals surface area (Å²) >= 11 is 0. The van der Waals surface area contributed by atoms with Crippen molar-refractivity contribution in [2.45, 2.75) is 39.8 Å². The maximum atomic E-state index is 14.0. The van der Waals surface area contributed by atoms with E-state index in [9.17, 15) is 4.39 Å². The van der Waals surface area contributed by atoms with Gasteiger partial charge >= 0.3 is 0 Å². The van der Waals surface area contributed by atoms with E-state index >= 15 is 0 Å². The minimum Gasteiger partial charge on any atom is -0.370 e. The summed E-state index contributed by atoms with van der Waals surface area (Å²) in [6.07, 6.45) is 0. The van der Waals surface area contributed by atoms with Gasteiger partial charge in [-0.05, 0) is 45.0 Å². The highest BCUT2D eigenvalue weighted by molar-refractivity contribution is 5.49. The first-order valence-corrected chi connectivity index (χ1v) is 6.23. The van der Waals surface area contributed by atoms with Crippen LogP contribution in [0.15, 0.2) is 18.2 Å². The van der Waals surface area contributed by atoms with Crippen molar-refractivity contribution in [3.63, 3.8) is 0 Å². The Labute approximate surface area is 104 Å². The number of halogens is 1. The molecule has 0 saturated heterocycles. The fraction of sp³-hybridized carbons (Fsp3) is 0.571. The fourth-order valence-electron chi connectivity index (χ4n) is 1.78. The van der Waals surface area contributed by atoms with Crippen LogP contribution in [0, 0.1) is 5.82 Å². The van der Waals surface area contributed by atoms with Crippen LogP contribution in [-0.2, 0) is 0 Å². The SMILES string of the molecule is CCNC(C)c1ccc(N(C)C(C)C)c(F)c1. The van der Waals surface area contributed by atoms with Crippen molar-refractivity contribution >= 4 is 5.69 Å². The molecule has 1 aromatic rings. The molecule has 1 aromatic carbocycles. The summed E-state index contributed by atoms with van der Waals surface area (Å²) in [5, 5.41) is 3.28. The third-order valence-corrected chi connectivity index (χ3v) is 3.14. The van der Waals surface area contributed by atoms with Crippen LogP contribution in [0.2, 0.25) is 0 Å². The number of nitrogens with one attached hydrogen (secondary N) is 1. The predicted molar refractivity (Wildman–Crippen MR) is 72.0 cm³/mol. The van der Waals surface area contributed by atoms with Crippen LogP contribution >= 0.6 is 0 Å². The number of rotatable bonds is 5. The molecule has 1 atom stereocenters. The van der Waals surface area contributed by atoms with Gasteiger partial charge in [-0.1, -0.05) is 13.0 Å². The van der Waals surface area contributed by atoms with Gasteiger partial charge in [0.1, 0.15) is 5.82 Å². The molecule has 0 amide bonds. The van der Waals surface area contributed by atoms with E-state index in [0.29, 0.717) is 11.7 Å². The molecule has 0 radical (unpaired) electrons. The Kier molecular flexibility index (Phi) is 4.94. The zero-order chi connectivity index (χ0) is 13.0. The maximum absolute atomic E-state index is 14.0. The Morgan fingerprint density at radius 3 is 2.41 bits per heavy atom. The van der Waals surface area contributed by atoms with Gasteiger partial charge in [0.2, 0.25) is 0 Å². The van der Waals surface area contributed by atoms with Gasteiger partial charge in [0.15, 0.2) is 0 Å². The molecule has 0 aliphatic carbocycles. The molecule has 1 N–H and O–H groups in total. The van der Waals surface area contributed by atoms with Crippen LogP contribution in [0.1, 0.15) is 39.3 Å². The molecule has 1 unspecified atom stereocenters. The standard InChI is InChI=1S/C14H23FN2/c1-6-16-11(4)12-7-8-14(13(15)9-12)17(5)10(2)3/h7-11,16H,6H2,1-5H3. The average Bonchev–Trinajstić information content (AvgIpc) is 2.28. The van der Waals surface area contributed by atoms with Crippen LogP contribution in [0.3, 0.4) is 0 Å². The van der Waals surface area contributed by atoms with E-state index in [0.717, 1.165) is 12.1 Å².